The van der Waals surface area contributed by atoms with Gasteiger partial charge in [-0.05, 0) is 0 Å². The van der Waals surface area contributed by atoms with Crippen molar-refractivity contribution < 1.29 is 36.2 Å². The zero-order valence-electron chi connectivity index (χ0n) is 18.5. The molecule has 2 fully saturated rings. The van der Waals surface area contributed by atoms with Gasteiger partial charge in [0.15, 0.2) is 0 Å². The molecule has 0 aromatic heterocycles. The molecule has 3 aliphatic heterocycles. The van der Waals surface area contributed by atoms with E-state index in [4.69, 9.17) is 9.73 Å². The molecule has 0 spiro atoms. The van der Waals surface area contributed by atoms with E-state index < -0.39 is 12.6 Å². The number of halogens is 2. The average molecular weight is 610 g/mol. The second-order valence-corrected chi connectivity index (χ2v) is 13.5. The molecule has 0 radical (unpaired) electrons. The second kappa shape index (κ2) is 10.5. The third kappa shape index (κ3) is 5.55. The van der Waals surface area contributed by atoms with Crippen LogP contribution in [-0.4, -0.2) is 85.1 Å². The number of rotatable bonds is 9. The number of hydrogen-bond acceptors (Lipinski definition) is 7. The Morgan fingerprint density at radius 2 is 2.16 bits per heavy atom. The summed E-state index contributed by atoms with van der Waals surface area (Å²) in [4.78, 5) is 7.49. The van der Waals surface area contributed by atoms with Gasteiger partial charge in [-0.3, -0.25) is 0 Å². The first kappa shape index (κ1) is 24.1. The molecule has 0 bridgehead atoms. The predicted molar refractivity (Wildman–Crippen MR) is 122 cm³/mol. The van der Waals surface area contributed by atoms with Crippen molar-refractivity contribution in [3.63, 3.8) is 0 Å². The molecule has 3 heterocycles. The van der Waals surface area contributed by atoms with Crippen LogP contribution < -0.4 is 31.8 Å². The van der Waals surface area contributed by atoms with Crippen LogP contribution in [0.3, 0.4) is 0 Å². The number of methoxy groups -OCH3 is 1. The van der Waals surface area contributed by atoms with E-state index in [1.54, 1.807) is 5.57 Å². The quantitative estimate of drug-likeness (QED) is 0.140. The van der Waals surface area contributed by atoms with Crippen LogP contribution in [0.15, 0.2) is 28.3 Å². The number of alkyl halides is 3. The Morgan fingerprint density at radius 3 is 2.84 bits per heavy atom. The SMILES string of the molecule is CO[C@@H](O)N[C@@H](C(C)C)C(O)N1CCC[C@H]1C1=NCC(C2=C(C3C[I-]3)CC(Br)C=C2)N1. The first-order valence-electron chi connectivity index (χ1n) is 11.2. The number of aliphatic hydroxyl groups excluding tert-OH is 2. The molecule has 7 atom stereocenters. The van der Waals surface area contributed by atoms with Crippen molar-refractivity contribution in [2.24, 2.45) is 10.9 Å². The van der Waals surface area contributed by atoms with Crippen LogP contribution in [-0.2, 0) is 4.74 Å². The fourth-order valence-electron chi connectivity index (χ4n) is 4.89. The molecule has 4 unspecified atom stereocenters. The molecule has 0 aromatic carbocycles. The van der Waals surface area contributed by atoms with Crippen LogP contribution in [0.4, 0.5) is 0 Å². The summed E-state index contributed by atoms with van der Waals surface area (Å²) < 4.78 is 7.24. The van der Waals surface area contributed by atoms with Crippen molar-refractivity contribution in [1.29, 1.82) is 0 Å². The van der Waals surface area contributed by atoms with E-state index in [0.29, 0.717) is 26.0 Å². The summed E-state index contributed by atoms with van der Waals surface area (Å²) >= 11 is 4.14. The van der Waals surface area contributed by atoms with Gasteiger partial charge in [-0.2, -0.15) is 0 Å². The zero-order chi connectivity index (χ0) is 22.1. The Morgan fingerprint density at radius 1 is 1.39 bits per heavy atom. The predicted octanol–water partition coefficient (Wildman–Crippen LogP) is -1.83. The van der Waals surface area contributed by atoms with Gasteiger partial charge < -0.3 is 9.84 Å². The number of amidine groups is 1. The molecule has 0 aromatic rings. The third-order valence-electron chi connectivity index (χ3n) is 6.65. The molecule has 0 amide bonds. The fourth-order valence-corrected chi connectivity index (χ4v) is 7.32. The third-order valence-corrected chi connectivity index (χ3v) is 9.79. The minimum absolute atomic E-state index is 0.0802. The molecule has 4 N–H and O–H groups in total. The van der Waals surface area contributed by atoms with Gasteiger partial charge in [0, 0.05) is 7.11 Å². The summed E-state index contributed by atoms with van der Waals surface area (Å²) in [6.07, 6.45) is 5.88. The molecule has 176 valence electrons. The van der Waals surface area contributed by atoms with E-state index in [1.807, 2.05) is 13.8 Å². The van der Waals surface area contributed by atoms with Crippen LogP contribution >= 0.6 is 15.9 Å². The van der Waals surface area contributed by atoms with Crippen LogP contribution in [0.1, 0.15) is 33.1 Å². The Kier molecular flexibility index (Phi) is 8.15. The summed E-state index contributed by atoms with van der Waals surface area (Å²) in [6.45, 7) is 5.66. The van der Waals surface area contributed by atoms with Crippen LogP contribution in [0, 0.1) is 5.92 Å². The number of allylic oxidation sites excluding steroid dienone is 2. The molecular weight excluding hydrogens is 575 g/mol. The summed E-state index contributed by atoms with van der Waals surface area (Å²) in [7, 11) is 1.45. The zero-order valence-corrected chi connectivity index (χ0v) is 22.2. The number of aliphatic hydroxyl groups is 2. The Bertz CT molecular complexity index is 742. The van der Waals surface area contributed by atoms with E-state index in [9.17, 15) is 10.2 Å². The number of aliphatic imine (C=N–C) groups is 1. The van der Waals surface area contributed by atoms with Gasteiger partial charge in [0.05, 0.1) is 0 Å². The maximum absolute atomic E-state index is 11.2. The summed E-state index contributed by atoms with van der Waals surface area (Å²) in [5, 5.41) is 27.9. The molecule has 2 saturated heterocycles. The first-order valence-corrected chi connectivity index (χ1v) is 14.9. The van der Waals surface area contributed by atoms with E-state index in [-0.39, 0.29) is 24.0 Å². The van der Waals surface area contributed by atoms with Crippen molar-refractivity contribution in [1.82, 2.24) is 15.5 Å². The number of nitrogens with zero attached hydrogens (tertiary/aromatic N) is 2. The second-order valence-electron chi connectivity index (χ2n) is 9.09. The van der Waals surface area contributed by atoms with Crippen molar-refractivity contribution in [3.8, 4) is 0 Å². The molecular formula is C22H35BrIN4O3-. The summed E-state index contributed by atoms with van der Waals surface area (Å²) in [6, 6.07) is 0.0232. The molecule has 4 rings (SSSR count). The summed E-state index contributed by atoms with van der Waals surface area (Å²) in [5.74, 6) is 1.13. The standard InChI is InChI=1S/C22H35BrIN4O3/c1-12(2)19(27-22(30)31-3)21(29)28-8-4-5-18(28)20-25-11-17(26-20)14-7-6-13(23)9-15(14)16-10-24-16/h6-7,12-13,16-19,21-22,27,29-30H,4-5,8-11H2,1-3H3,(H,25,26)/q-1/t13?,16?,17?,18-,19-,21?,22+/m0/s1. The molecule has 0 saturated carbocycles. The van der Waals surface area contributed by atoms with Crippen molar-refractivity contribution in [2.75, 3.05) is 24.6 Å². The van der Waals surface area contributed by atoms with Gasteiger partial charge >= 0.3 is 188 Å². The number of nitrogens with one attached hydrogen (secondary N) is 2. The Balaban J connectivity index is 1.45. The van der Waals surface area contributed by atoms with Gasteiger partial charge in [-0.25, -0.2) is 0 Å². The molecule has 4 aliphatic rings. The van der Waals surface area contributed by atoms with Gasteiger partial charge in [0.2, 0.25) is 0 Å². The topological polar surface area (TPSA) is 89.3 Å². The Labute approximate surface area is 204 Å². The van der Waals surface area contributed by atoms with Gasteiger partial charge in [-0.1, -0.05) is 0 Å². The number of ether oxygens (including phenoxy) is 1. The van der Waals surface area contributed by atoms with Crippen molar-refractivity contribution in [3.05, 3.63) is 23.3 Å². The normalized spacial score (nSPS) is 34.4. The summed E-state index contributed by atoms with van der Waals surface area (Å²) in [5.41, 5.74) is 3.10. The number of likely N-dealkylation sites (tertiary alicyclic amines) is 1. The van der Waals surface area contributed by atoms with Crippen molar-refractivity contribution >= 4 is 21.8 Å². The van der Waals surface area contributed by atoms with E-state index in [0.717, 1.165) is 42.1 Å². The van der Waals surface area contributed by atoms with E-state index >= 15 is 0 Å². The van der Waals surface area contributed by atoms with Crippen LogP contribution in [0.5, 0.6) is 0 Å². The first-order chi connectivity index (χ1) is 14.9. The Hall–Kier alpha value is -0.0400. The molecule has 1 aliphatic carbocycles. The minimum atomic E-state index is -1.10. The average Bonchev–Trinajstić information content (AvgIpc) is 3.28. The monoisotopic (exact) mass is 609 g/mol. The number of hydrogen-bond donors (Lipinski definition) is 4. The van der Waals surface area contributed by atoms with Crippen molar-refractivity contribution in [2.45, 2.75) is 72.6 Å². The van der Waals surface area contributed by atoms with Gasteiger partial charge in [0.1, 0.15) is 0 Å². The van der Waals surface area contributed by atoms with Crippen LogP contribution in [0.25, 0.3) is 0 Å². The van der Waals surface area contributed by atoms with E-state index in [2.05, 4.69) is 43.6 Å². The van der Waals surface area contributed by atoms with Gasteiger partial charge in [0.25, 0.3) is 0 Å². The molecule has 7 nitrogen and oxygen atoms in total. The molecule has 9 heteroatoms. The maximum atomic E-state index is 11.2. The van der Waals surface area contributed by atoms with Gasteiger partial charge in [-0.15, -0.1) is 0 Å². The van der Waals surface area contributed by atoms with E-state index in [1.165, 1.54) is 17.1 Å². The fraction of sp³-hybridized carbons (Fsp3) is 0.773. The molecule has 31 heavy (non-hydrogen) atoms. The van der Waals surface area contributed by atoms with Crippen LogP contribution in [0.2, 0.25) is 0 Å².